The van der Waals surface area contributed by atoms with E-state index in [9.17, 15) is 19.0 Å². The Hall–Kier alpha value is -2.33. The monoisotopic (exact) mass is 473 g/mol. The second-order valence-corrected chi connectivity index (χ2v) is 10.5. The topological polar surface area (TPSA) is 99.2 Å². The Morgan fingerprint density at radius 3 is 2.58 bits per heavy atom. The van der Waals surface area contributed by atoms with Gasteiger partial charge in [0.2, 0.25) is 0 Å². The number of nitrogens with one attached hydrogen (secondary N) is 1. The molecule has 2 N–H and O–H groups in total. The first-order chi connectivity index (χ1) is 16.0. The van der Waals surface area contributed by atoms with Crippen molar-refractivity contribution < 1.29 is 23.7 Å². The number of allylic oxidation sites excluding steroid dienone is 3. The summed E-state index contributed by atoms with van der Waals surface area (Å²) in [5, 5.41) is 9.18. The van der Waals surface area contributed by atoms with Crippen molar-refractivity contribution in [2.75, 3.05) is 37.7 Å². The van der Waals surface area contributed by atoms with E-state index in [4.69, 9.17) is 4.74 Å². The van der Waals surface area contributed by atoms with Crippen LogP contribution >= 0.6 is 0 Å². The lowest BCUT2D eigenvalue weighted by Gasteiger charge is -2.39. The fraction of sp³-hybridized carbons (Fsp3) is 0.500. The molecular weight excluding hydrogens is 442 g/mol. The van der Waals surface area contributed by atoms with Crippen molar-refractivity contribution in [3.05, 3.63) is 54.1 Å². The lowest BCUT2D eigenvalue weighted by molar-refractivity contribution is -0.134. The van der Waals surface area contributed by atoms with E-state index in [1.165, 1.54) is 5.56 Å². The van der Waals surface area contributed by atoms with Crippen LogP contribution in [0.25, 0.3) is 0 Å². The van der Waals surface area contributed by atoms with Crippen LogP contribution in [0.3, 0.4) is 0 Å². The highest BCUT2D eigenvalue weighted by Gasteiger charge is 2.48. The van der Waals surface area contributed by atoms with Crippen LogP contribution in [-0.2, 0) is 31.7 Å². The number of fused-ring (bicyclic) bond motifs is 1. The smallest absolute Gasteiger partial charge is 0.263 e. The van der Waals surface area contributed by atoms with Gasteiger partial charge in [0.05, 0.1) is 0 Å². The number of amides is 2. The van der Waals surface area contributed by atoms with Crippen molar-refractivity contribution in [3.63, 3.8) is 0 Å². The van der Waals surface area contributed by atoms with E-state index in [1.54, 1.807) is 17.6 Å². The number of anilines is 1. The molecule has 2 amide bonds. The largest absolute Gasteiger partial charge is 0.381 e. The van der Waals surface area contributed by atoms with Crippen molar-refractivity contribution in [2.45, 2.75) is 36.9 Å². The fourth-order valence-electron chi connectivity index (χ4n) is 4.78. The van der Waals surface area contributed by atoms with Crippen LogP contribution in [0.15, 0.2) is 48.6 Å². The van der Waals surface area contributed by atoms with Crippen molar-refractivity contribution in [1.82, 2.24) is 9.79 Å². The van der Waals surface area contributed by atoms with Crippen molar-refractivity contribution >= 4 is 28.5 Å². The van der Waals surface area contributed by atoms with E-state index in [-0.39, 0.29) is 5.91 Å². The van der Waals surface area contributed by atoms with E-state index in [2.05, 4.69) is 12.1 Å². The van der Waals surface area contributed by atoms with E-state index < -0.39 is 21.6 Å². The summed E-state index contributed by atoms with van der Waals surface area (Å²) in [4.78, 5) is 26.7. The van der Waals surface area contributed by atoms with Gasteiger partial charge in [-0.3, -0.25) is 14.8 Å². The minimum atomic E-state index is -1.54. The summed E-state index contributed by atoms with van der Waals surface area (Å²) >= 11 is 0. The van der Waals surface area contributed by atoms with Crippen LogP contribution in [0.4, 0.5) is 5.69 Å². The molecule has 3 aliphatic heterocycles. The number of benzene rings is 1. The quantitative estimate of drug-likeness (QED) is 0.285. The molecule has 178 valence electrons. The Morgan fingerprint density at radius 1 is 1.12 bits per heavy atom. The number of carbonyl (C=O) groups is 2. The van der Waals surface area contributed by atoms with Crippen LogP contribution in [0.5, 0.6) is 0 Å². The number of piperidine rings is 1. The Bertz CT molecular complexity index is 949. The molecule has 1 aromatic rings. The highest BCUT2D eigenvalue weighted by molar-refractivity contribution is 7.85. The van der Waals surface area contributed by atoms with E-state index >= 15 is 0 Å². The molecule has 0 spiro atoms. The van der Waals surface area contributed by atoms with Crippen LogP contribution in [-0.4, -0.2) is 63.1 Å². The fourth-order valence-corrected chi connectivity index (χ4v) is 6.54. The predicted octanol–water partition coefficient (Wildman–Crippen LogP) is 2.12. The number of ether oxygens (including phenoxy) is 1. The van der Waals surface area contributed by atoms with Gasteiger partial charge < -0.3 is 9.64 Å². The first-order valence-corrected chi connectivity index (χ1v) is 12.6. The summed E-state index contributed by atoms with van der Waals surface area (Å²) in [5.41, 5.74) is 3.91. The zero-order valence-corrected chi connectivity index (χ0v) is 19.5. The van der Waals surface area contributed by atoms with Gasteiger partial charge >= 0.3 is 0 Å². The average Bonchev–Trinajstić information content (AvgIpc) is 3.30. The third kappa shape index (κ3) is 5.11. The molecule has 4 rings (SSSR count). The minimum absolute atomic E-state index is 0.0151. The summed E-state index contributed by atoms with van der Waals surface area (Å²) in [5.74, 6) is -0.289. The second kappa shape index (κ2) is 10.7. The molecule has 2 saturated heterocycles. The molecule has 0 bridgehead atoms. The molecule has 8 nitrogen and oxygen atoms in total. The number of rotatable bonds is 6. The minimum Gasteiger partial charge on any atom is -0.381 e. The standard InChI is InChI=1S/C24H31N3O5S/c28-22(27-16-11-20-6-2-3-7-21(20)27)8-4-1-5-19-9-14-26(15-10-19)33(31)24(23(29)25-30)12-17-32-18-13-24/h1-8,19,30H,9-18H2,(H,25,29)/b5-1+,8-4+. The van der Waals surface area contributed by atoms with Gasteiger partial charge in [0.25, 0.3) is 11.8 Å². The first kappa shape index (κ1) is 23.8. The Morgan fingerprint density at radius 2 is 1.85 bits per heavy atom. The lowest BCUT2D eigenvalue weighted by atomic mass is 9.97. The molecule has 1 aromatic carbocycles. The van der Waals surface area contributed by atoms with Crippen molar-refractivity contribution in [3.8, 4) is 0 Å². The lowest BCUT2D eigenvalue weighted by Crippen LogP contribution is -2.57. The number of hydrogen-bond donors (Lipinski definition) is 2. The molecule has 1 unspecified atom stereocenters. The number of nitrogens with zero attached hydrogens (tertiary/aromatic N) is 2. The molecule has 9 heteroatoms. The predicted molar refractivity (Wildman–Crippen MR) is 126 cm³/mol. The van der Waals surface area contributed by atoms with Crippen molar-refractivity contribution in [1.29, 1.82) is 0 Å². The highest BCUT2D eigenvalue weighted by Crippen LogP contribution is 2.32. The molecule has 3 aliphatic rings. The summed E-state index contributed by atoms with van der Waals surface area (Å²) < 4.78 is 19.3. The third-order valence-corrected chi connectivity index (χ3v) is 8.87. The Balaban J connectivity index is 1.28. The summed E-state index contributed by atoms with van der Waals surface area (Å²) in [7, 11) is -1.54. The molecular formula is C24H31N3O5S. The first-order valence-electron chi connectivity index (χ1n) is 11.5. The normalized spacial score (nSPS) is 22.5. The SMILES string of the molecule is O=C(/C=C/C=C/C1CCN(S(=O)C2(C(=O)NO)CCOCC2)CC1)N1CCc2ccccc21. The Kier molecular flexibility index (Phi) is 7.75. The molecule has 1 atom stereocenters. The van der Waals surface area contributed by atoms with Gasteiger partial charge in [-0.05, 0) is 49.7 Å². The molecule has 0 aromatic heterocycles. The van der Waals surface area contributed by atoms with Gasteiger partial charge in [-0.25, -0.2) is 14.0 Å². The maximum absolute atomic E-state index is 13.3. The van der Waals surface area contributed by atoms with Gasteiger partial charge in [0, 0.05) is 44.6 Å². The van der Waals surface area contributed by atoms with E-state index in [0.29, 0.717) is 51.6 Å². The third-order valence-electron chi connectivity index (χ3n) is 6.77. The van der Waals surface area contributed by atoms with E-state index in [1.807, 2.05) is 33.5 Å². The molecule has 3 heterocycles. The summed E-state index contributed by atoms with van der Waals surface area (Å²) in [6.45, 7) is 2.63. The zero-order chi connectivity index (χ0) is 23.3. The van der Waals surface area contributed by atoms with Crippen LogP contribution < -0.4 is 10.4 Å². The van der Waals surface area contributed by atoms with Gasteiger partial charge in [0.15, 0.2) is 0 Å². The van der Waals surface area contributed by atoms with Gasteiger partial charge in [-0.15, -0.1) is 0 Å². The molecule has 33 heavy (non-hydrogen) atoms. The number of hydroxylamine groups is 1. The van der Waals surface area contributed by atoms with Crippen LogP contribution in [0.1, 0.15) is 31.2 Å². The zero-order valence-electron chi connectivity index (χ0n) is 18.7. The van der Waals surface area contributed by atoms with Crippen LogP contribution in [0, 0.1) is 5.92 Å². The van der Waals surface area contributed by atoms with Gasteiger partial charge in [-0.1, -0.05) is 36.4 Å². The van der Waals surface area contributed by atoms with Crippen LogP contribution in [0.2, 0.25) is 0 Å². The highest BCUT2D eigenvalue weighted by atomic mass is 32.2. The maximum Gasteiger partial charge on any atom is 0.263 e. The second-order valence-electron chi connectivity index (χ2n) is 8.68. The summed E-state index contributed by atoms with van der Waals surface area (Å²) in [6.07, 6.45) is 10.6. The maximum atomic E-state index is 13.3. The number of carbonyl (C=O) groups excluding carboxylic acids is 2. The molecule has 2 fully saturated rings. The van der Waals surface area contributed by atoms with Gasteiger partial charge in [0.1, 0.15) is 15.7 Å². The van der Waals surface area contributed by atoms with Gasteiger partial charge in [-0.2, -0.15) is 0 Å². The summed E-state index contributed by atoms with van der Waals surface area (Å²) in [6, 6.07) is 7.99. The molecule has 0 saturated carbocycles. The Labute approximate surface area is 196 Å². The number of hydrogen-bond acceptors (Lipinski definition) is 5. The average molecular weight is 474 g/mol. The van der Waals surface area contributed by atoms with E-state index in [0.717, 1.165) is 24.9 Å². The number of para-hydroxylation sites is 1. The molecule has 0 radical (unpaired) electrons. The molecule has 0 aliphatic carbocycles. The van der Waals surface area contributed by atoms with Crippen molar-refractivity contribution in [2.24, 2.45) is 5.92 Å².